The Kier molecular flexibility index (Phi) is 5.30. The van der Waals surface area contributed by atoms with Crippen LogP contribution in [0.3, 0.4) is 0 Å². The van der Waals surface area contributed by atoms with E-state index in [0.29, 0.717) is 28.6 Å². The SMILES string of the molecule is COc1cc(N)ccc1NC(=O)C(C)Oc1ccccc1OC. The monoisotopic (exact) mass is 316 g/mol. The molecular weight excluding hydrogens is 296 g/mol. The zero-order valence-corrected chi connectivity index (χ0v) is 13.3. The molecular formula is C17H20N2O4. The summed E-state index contributed by atoms with van der Waals surface area (Å²) in [5.74, 6) is 1.25. The van der Waals surface area contributed by atoms with E-state index in [1.807, 2.05) is 12.1 Å². The second-order valence-electron chi connectivity index (χ2n) is 4.86. The van der Waals surface area contributed by atoms with Crippen molar-refractivity contribution in [3.8, 4) is 17.2 Å². The minimum atomic E-state index is -0.714. The van der Waals surface area contributed by atoms with Gasteiger partial charge in [-0.3, -0.25) is 4.79 Å². The first-order valence-electron chi connectivity index (χ1n) is 7.09. The van der Waals surface area contributed by atoms with E-state index in [4.69, 9.17) is 19.9 Å². The predicted octanol–water partition coefficient (Wildman–Crippen LogP) is 2.69. The number of nitrogens with two attached hydrogens (primary N) is 1. The fourth-order valence-corrected chi connectivity index (χ4v) is 2.01. The number of para-hydroxylation sites is 2. The first kappa shape index (κ1) is 16.5. The third kappa shape index (κ3) is 4.06. The Hall–Kier alpha value is -2.89. The van der Waals surface area contributed by atoms with Crippen LogP contribution >= 0.6 is 0 Å². The highest BCUT2D eigenvalue weighted by Gasteiger charge is 2.18. The van der Waals surface area contributed by atoms with Crippen LogP contribution in [-0.2, 0) is 4.79 Å². The van der Waals surface area contributed by atoms with Gasteiger partial charge >= 0.3 is 0 Å². The quantitative estimate of drug-likeness (QED) is 0.801. The van der Waals surface area contributed by atoms with Gasteiger partial charge in [0.15, 0.2) is 17.6 Å². The number of hydrogen-bond donors (Lipinski definition) is 2. The van der Waals surface area contributed by atoms with Crippen molar-refractivity contribution in [1.82, 2.24) is 0 Å². The first-order chi connectivity index (χ1) is 11.0. The van der Waals surface area contributed by atoms with Crippen molar-refractivity contribution in [3.05, 3.63) is 42.5 Å². The number of carbonyl (C=O) groups excluding carboxylic acids is 1. The molecule has 0 saturated carbocycles. The molecule has 122 valence electrons. The van der Waals surface area contributed by atoms with Gasteiger partial charge in [-0.25, -0.2) is 0 Å². The lowest BCUT2D eigenvalue weighted by Crippen LogP contribution is -2.30. The maximum absolute atomic E-state index is 12.3. The zero-order chi connectivity index (χ0) is 16.8. The van der Waals surface area contributed by atoms with Gasteiger partial charge in [0.2, 0.25) is 0 Å². The number of nitrogens with one attached hydrogen (secondary N) is 1. The van der Waals surface area contributed by atoms with Crippen LogP contribution < -0.4 is 25.3 Å². The number of methoxy groups -OCH3 is 2. The lowest BCUT2D eigenvalue weighted by Gasteiger charge is -2.17. The molecule has 1 unspecified atom stereocenters. The van der Waals surface area contributed by atoms with Crippen LogP contribution in [0.4, 0.5) is 11.4 Å². The summed E-state index contributed by atoms with van der Waals surface area (Å²) in [6.45, 7) is 1.66. The number of rotatable bonds is 6. The fourth-order valence-electron chi connectivity index (χ4n) is 2.01. The van der Waals surface area contributed by atoms with Crippen LogP contribution in [-0.4, -0.2) is 26.2 Å². The second kappa shape index (κ2) is 7.40. The van der Waals surface area contributed by atoms with Crippen LogP contribution in [0.2, 0.25) is 0 Å². The Morgan fingerprint density at radius 2 is 1.70 bits per heavy atom. The van der Waals surface area contributed by atoms with Gasteiger partial charge in [-0.2, -0.15) is 0 Å². The van der Waals surface area contributed by atoms with Crippen molar-refractivity contribution in [2.75, 3.05) is 25.3 Å². The standard InChI is InChI=1S/C17H20N2O4/c1-11(23-15-7-5-4-6-14(15)21-2)17(20)19-13-9-8-12(18)10-16(13)22-3/h4-11H,18H2,1-3H3,(H,19,20). The third-order valence-corrected chi connectivity index (χ3v) is 3.23. The normalized spacial score (nSPS) is 11.4. The number of carbonyl (C=O) groups is 1. The lowest BCUT2D eigenvalue weighted by atomic mass is 10.2. The smallest absolute Gasteiger partial charge is 0.265 e. The summed E-state index contributed by atoms with van der Waals surface area (Å²) in [5, 5.41) is 2.76. The molecule has 0 saturated heterocycles. The van der Waals surface area contributed by atoms with Gasteiger partial charge in [0.25, 0.3) is 5.91 Å². The van der Waals surface area contributed by atoms with Crippen LogP contribution in [0, 0.1) is 0 Å². The van der Waals surface area contributed by atoms with E-state index in [-0.39, 0.29) is 5.91 Å². The van der Waals surface area contributed by atoms with E-state index in [0.717, 1.165) is 0 Å². The summed E-state index contributed by atoms with van der Waals surface area (Å²) < 4.78 is 16.1. The molecule has 0 bridgehead atoms. The lowest BCUT2D eigenvalue weighted by molar-refractivity contribution is -0.122. The molecule has 0 spiro atoms. The topological polar surface area (TPSA) is 82.8 Å². The van der Waals surface area contributed by atoms with E-state index >= 15 is 0 Å². The largest absolute Gasteiger partial charge is 0.494 e. The summed E-state index contributed by atoms with van der Waals surface area (Å²) in [5.41, 5.74) is 6.78. The molecule has 0 radical (unpaired) electrons. The Morgan fingerprint density at radius 3 is 2.35 bits per heavy atom. The summed E-state index contributed by atoms with van der Waals surface area (Å²) in [6, 6.07) is 12.2. The number of hydrogen-bond acceptors (Lipinski definition) is 5. The minimum absolute atomic E-state index is 0.307. The molecule has 0 aromatic heterocycles. The molecule has 23 heavy (non-hydrogen) atoms. The molecule has 2 aromatic carbocycles. The number of ether oxygens (including phenoxy) is 3. The zero-order valence-electron chi connectivity index (χ0n) is 13.3. The molecule has 0 aliphatic carbocycles. The van der Waals surface area contributed by atoms with E-state index in [1.165, 1.54) is 7.11 Å². The van der Waals surface area contributed by atoms with Crippen molar-refractivity contribution in [2.45, 2.75) is 13.0 Å². The Morgan fingerprint density at radius 1 is 1.04 bits per heavy atom. The van der Waals surface area contributed by atoms with Crippen LogP contribution in [0.25, 0.3) is 0 Å². The molecule has 3 N–H and O–H groups in total. The van der Waals surface area contributed by atoms with Crippen LogP contribution in [0.15, 0.2) is 42.5 Å². The minimum Gasteiger partial charge on any atom is -0.494 e. The summed E-state index contributed by atoms with van der Waals surface area (Å²) in [4.78, 5) is 12.3. The van der Waals surface area contributed by atoms with Gasteiger partial charge < -0.3 is 25.3 Å². The van der Waals surface area contributed by atoms with Crippen molar-refractivity contribution >= 4 is 17.3 Å². The highest BCUT2D eigenvalue weighted by molar-refractivity contribution is 5.95. The van der Waals surface area contributed by atoms with Gasteiger partial charge in [-0.15, -0.1) is 0 Å². The highest BCUT2D eigenvalue weighted by atomic mass is 16.5. The van der Waals surface area contributed by atoms with E-state index in [2.05, 4.69) is 5.32 Å². The molecule has 2 rings (SSSR count). The number of amides is 1. The summed E-state index contributed by atoms with van der Waals surface area (Å²) in [6.07, 6.45) is -0.714. The molecule has 1 amide bonds. The first-order valence-corrected chi connectivity index (χ1v) is 7.09. The third-order valence-electron chi connectivity index (χ3n) is 3.23. The average molecular weight is 316 g/mol. The van der Waals surface area contributed by atoms with Gasteiger partial charge in [-0.1, -0.05) is 12.1 Å². The van der Waals surface area contributed by atoms with Gasteiger partial charge in [0.05, 0.1) is 19.9 Å². The predicted molar refractivity (Wildman–Crippen MR) is 89.1 cm³/mol. The molecule has 0 heterocycles. The molecule has 6 heteroatoms. The highest BCUT2D eigenvalue weighted by Crippen LogP contribution is 2.29. The molecule has 0 aliphatic heterocycles. The van der Waals surface area contributed by atoms with Gasteiger partial charge in [0, 0.05) is 11.8 Å². The molecule has 0 fully saturated rings. The maximum Gasteiger partial charge on any atom is 0.265 e. The van der Waals surface area contributed by atoms with E-state index < -0.39 is 6.10 Å². The van der Waals surface area contributed by atoms with Gasteiger partial charge in [0.1, 0.15) is 5.75 Å². The number of benzene rings is 2. The Bertz CT molecular complexity index is 688. The number of anilines is 2. The maximum atomic E-state index is 12.3. The molecule has 2 aromatic rings. The summed E-state index contributed by atoms with van der Waals surface area (Å²) in [7, 11) is 3.06. The Labute approximate surface area is 135 Å². The Balaban J connectivity index is 2.08. The van der Waals surface area contributed by atoms with E-state index in [9.17, 15) is 4.79 Å². The average Bonchev–Trinajstić information content (AvgIpc) is 2.56. The van der Waals surface area contributed by atoms with Crippen molar-refractivity contribution in [2.24, 2.45) is 0 Å². The van der Waals surface area contributed by atoms with Crippen LogP contribution in [0.5, 0.6) is 17.2 Å². The van der Waals surface area contributed by atoms with Crippen LogP contribution in [0.1, 0.15) is 6.92 Å². The van der Waals surface area contributed by atoms with Gasteiger partial charge in [-0.05, 0) is 31.2 Å². The summed E-state index contributed by atoms with van der Waals surface area (Å²) >= 11 is 0. The molecule has 1 atom stereocenters. The van der Waals surface area contributed by atoms with E-state index in [1.54, 1.807) is 44.4 Å². The van der Waals surface area contributed by atoms with Crippen molar-refractivity contribution in [1.29, 1.82) is 0 Å². The fraction of sp³-hybridized carbons (Fsp3) is 0.235. The number of nitrogen functional groups attached to an aromatic ring is 1. The van der Waals surface area contributed by atoms with Crippen molar-refractivity contribution < 1.29 is 19.0 Å². The molecule has 6 nitrogen and oxygen atoms in total. The second-order valence-corrected chi connectivity index (χ2v) is 4.86. The van der Waals surface area contributed by atoms with Crippen molar-refractivity contribution in [3.63, 3.8) is 0 Å². The molecule has 0 aliphatic rings.